The van der Waals surface area contributed by atoms with E-state index in [2.05, 4.69) is 23.6 Å². The number of fused-ring (bicyclic) bond motifs is 1. The van der Waals surface area contributed by atoms with Crippen LogP contribution in [0.25, 0.3) is 11.5 Å². The maximum atomic E-state index is 13.4. The molecule has 37 heavy (non-hydrogen) atoms. The molecule has 0 aliphatic carbocycles. The number of benzene rings is 2. The monoisotopic (exact) mass is 518 g/mol. The Balaban J connectivity index is 1.56. The van der Waals surface area contributed by atoms with Crippen LogP contribution < -0.4 is 16.4 Å². The second-order valence-corrected chi connectivity index (χ2v) is 10.5. The molecule has 0 saturated carbocycles. The highest BCUT2D eigenvalue weighted by molar-refractivity contribution is 7.98. The van der Waals surface area contributed by atoms with E-state index in [9.17, 15) is 9.18 Å². The minimum Gasteiger partial charge on any atom is -0.380 e. The van der Waals surface area contributed by atoms with E-state index < -0.39 is 11.4 Å². The molecule has 1 amide bonds. The summed E-state index contributed by atoms with van der Waals surface area (Å²) in [7, 11) is 0. The number of rotatable bonds is 10. The van der Waals surface area contributed by atoms with Gasteiger partial charge in [-0.15, -0.1) is 0 Å². The van der Waals surface area contributed by atoms with Gasteiger partial charge in [-0.1, -0.05) is 43.3 Å². The van der Waals surface area contributed by atoms with Crippen LogP contribution >= 0.6 is 11.8 Å². The highest BCUT2D eigenvalue weighted by Crippen LogP contribution is 2.39. The van der Waals surface area contributed by atoms with Crippen LogP contribution in [-0.2, 0) is 16.1 Å². The average Bonchev–Trinajstić information content (AvgIpc) is 3.29. The van der Waals surface area contributed by atoms with Gasteiger partial charge in [0.1, 0.15) is 17.1 Å². The van der Waals surface area contributed by atoms with E-state index in [1.165, 1.54) is 23.9 Å². The fraction of sp³-hybridized carbons (Fsp3) is 0.321. The first kappa shape index (κ1) is 25.2. The predicted molar refractivity (Wildman–Crippen MR) is 145 cm³/mol. The molecule has 0 spiro atoms. The number of nitrogens with zero attached hydrogens (tertiary/aromatic N) is 3. The SMILES string of the molecule is CCCC(C(N)=O)(c1cc(NC2CNC2)ccc1C)n1cccc2nc(SCc3ccc(F)cc3)nc1-2. The number of aromatic nitrogens is 3. The van der Waals surface area contributed by atoms with E-state index in [0.29, 0.717) is 34.9 Å². The van der Waals surface area contributed by atoms with Crippen molar-refractivity contribution >= 4 is 23.4 Å². The van der Waals surface area contributed by atoms with Gasteiger partial charge in [-0.25, -0.2) is 14.4 Å². The van der Waals surface area contributed by atoms with E-state index in [-0.39, 0.29) is 5.82 Å². The second kappa shape index (κ2) is 10.5. The molecule has 1 fully saturated rings. The molecule has 2 aromatic carbocycles. The summed E-state index contributed by atoms with van der Waals surface area (Å²) in [6.07, 6.45) is 3.14. The maximum Gasteiger partial charge on any atom is 0.248 e. The molecule has 1 unspecified atom stereocenters. The first-order valence-electron chi connectivity index (χ1n) is 12.5. The molecule has 3 aliphatic heterocycles. The Labute approximate surface area is 220 Å². The number of aryl methyl sites for hydroxylation is 1. The molecule has 1 atom stereocenters. The Morgan fingerprint density at radius 3 is 2.68 bits per heavy atom. The second-order valence-electron chi connectivity index (χ2n) is 9.51. The zero-order chi connectivity index (χ0) is 26.0. The molecular weight excluding hydrogens is 487 g/mol. The molecule has 2 aromatic rings. The van der Waals surface area contributed by atoms with Crippen LogP contribution in [0.1, 0.15) is 36.5 Å². The number of amides is 1. The lowest BCUT2D eigenvalue weighted by molar-refractivity contribution is -0.125. The van der Waals surface area contributed by atoms with E-state index in [0.717, 1.165) is 41.9 Å². The van der Waals surface area contributed by atoms with Crippen molar-refractivity contribution in [2.24, 2.45) is 5.73 Å². The number of carbonyl (C=O) groups excluding carboxylic acids is 1. The quantitative estimate of drug-likeness (QED) is 0.267. The first-order valence-corrected chi connectivity index (χ1v) is 13.5. The minimum atomic E-state index is -1.13. The van der Waals surface area contributed by atoms with E-state index in [4.69, 9.17) is 15.7 Å². The fourth-order valence-electron chi connectivity index (χ4n) is 4.91. The van der Waals surface area contributed by atoms with Crippen LogP contribution in [-0.4, -0.2) is 39.6 Å². The number of hydrogen-bond donors (Lipinski definition) is 3. The zero-order valence-corrected chi connectivity index (χ0v) is 21.8. The third kappa shape index (κ3) is 4.93. The summed E-state index contributed by atoms with van der Waals surface area (Å²) >= 11 is 1.47. The largest absolute Gasteiger partial charge is 0.380 e. The lowest BCUT2D eigenvalue weighted by Gasteiger charge is -2.37. The number of hydrogen-bond acceptors (Lipinski definition) is 6. The van der Waals surface area contributed by atoms with Crippen molar-refractivity contribution in [3.8, 4) is 11.5 Å². The van der Waals surface area contributed by atoms with Gasteiger partial charge < -0.3 is 20.9 Å². The molecule has 3 aliphatic rings. The number of imidazole rings is 1. The van der Waals surface area contributed by atoms with Crippen molar-refractivity contribution in [1.29, 1.82) is 0 Å². The topological polar surface area (TPSA) is 97.9 Å². The average molecular weight is 519 g/mol. The Bertz CT molecular complexity index is 1370. The van der Waals surface area contributed by atoms with Crippen molar-refractivity contribution in [1.82, 2.24) is 19.9 Å². The van der Waals surface area contributed by atoms with Gasteiger partial charge in [0.25, 0.3) is 0 Å². The Hall–Kier alpha value is -3.43. The standard InChI is InChI=1S/C28H31FN6OS/c1-3-12-28(26(30)36,23-14-21(11-6-18(23)2)32-22-15-31-16-22)35-13-4-5-24-25(35)34-27(33-24)37-17-19-7-9-20(29)10-8-19/h4-11,13-14,22,31-32H,3,12,15-17H2,1-2H3,(H2,30,36). The van der Waals surface area contributed by atoms with Crippen LogP contribution in [0.5, 0.6) is 0 Å². The summed E-state index contributed by atoms with van der Waals surface area (Å²) in [4.78, 5) is 23.0. The van der Waals surface area contributed by atoms with Crippen molar-refractivity contribution in [3.63, 3.8) is 0 Å². The number of halogens is 1. The minimum absolute atomic E-state index is 0.261. The lowest BCUT2D eigenvalue weighted by Crippen LogP contribution is -2.51. The van der Waals surface area contributed by atoms with Crippen molar-refractivity contribution in [2.45, 2.75) is 49.2 Å². The number of anilines is 1. The molecule has 0 aromatic heterocycles. The Morgan fingerprint density at radius 2 is 2.00 bits per heavy atom. The highest BCUT2D eigenvalue weighted by atomic mass is 32.2. The molecule has 4 N–H and O–H groups in total. The van der Waals surface area contributed by atoms with Gasteiger partial charge >= 0.3 is 0 Å². The molecule has 5 rings (SSSR count). The van der Waals surface area contributed by atoms with Crippen molar-refractivity contribution in [3.05, 3.63) is 83.3 Å². The Kier molecular flexibility index (Phi) is 7.17. The third-order valence-corrected chi connectivity index (χ3v) is 7.83. The predicted octanol–water partition coefficient (Wildman–Crippen LogP) is 4.54. The van der Waals surface area contributed by atoms with Gasteiger partial charge in [0, 0.05) is 30.7 Å². The van der Waals surface area contributed by atoms with Crippen molar-refractivity contribution < 1.29 is 9.18 Å². The number of primary amides is 1. The molecule has 9 heteroatoms. The first-order chi connectivity index (χ1) is 17.9. The van der Waals surface area contributed by atoms with Crippen LogP contribution in [0.3, 0.4) is 0 Å². The normalized spacial score (nSPS) is 15.3. The smallest absolute Gasteiger partial charge is 0.248 e. The molecule has 0 radical (unpaired) electrons. The molecule has 1 saturated heterocycles. The summed E-state index contributed by atoms with van der Waals surface area (Å²) in [6.45, 7) is 5.89. The molecule has 3 heterocycles. The summed E-state index contributed by atoms with van der Waals surface area (Å²) in [5, 5.41) is 7.42. The van der Waals surface area contributed by atoms with Gasteiger partial charge in [-0.2, -0.15) is 0 Å². The van der Waals surface area contributed by atoms with E-state index in [1.54, 1.807) is 12.1 Å². The highest BCUT2D eigenvalue weighted by Gasteiger charge is 2.43. The fourth-order valence-corrected chi connectivity index (χ4v) is 5.71. The number of thioether (sulfide) groups is 1. The summed E-state index contributed by atoms with van der Waals surface area (Å²) < 4.78 is 15.2. The number of carbonyl (C=O) groups is 1. The number of nitrogens with one attached hydrogen (secondary N) is 2. The third-order valence-electron chi connectivity index (χ3n) is 6.91. The van der Waals surface area contributed by atoms with Gasteiger partial charge in [0.15, 0.2) is 11.0 Å². The number of nitrogens with two attached hydrogens (primary N) is 1. The van der Waals surface area contributed by atoms with Gasteiger partial charge in [0.05, 0.1) is 6.04 Å². The molecular formula is C28H31FN6OS. The molecule has 0 bridgehead atoms. The van der Waals surface area contributed by atoms with Gasteiger partial charge in [-0.05, 0) is 66.4 Å². The van der Waals surface area contributed by atoms with Crippen LogP contribution in [0.4, 0.5) is 10.1 Å². The maximum absolute atomic E-state index is 13.4. The Morgan fingerprint density at radius 1 is 1.22 bits per heavy atom. The van der Waals surface area contributed by atoms with E-state index in [1.807, 2.05) is 42.0 Å². The van der Waals surface area contributed by atoms with Crippen LogP contribution in [0.2, 0.25) is 0 Å². The van der Waals surface area contributed by atoms with Crippen LogP contribution in [0.15, 0.2) is 66.0 Å². The number of pyridine rings is 1. The lowest BCUT2D eigenvalue weighted by atomic mass is 9.81. The van der Waals surface area contributed by atoms with Gasteiger partial charge in [-0.3, -0.25) is 4.79 Å². The van der Waals surface area contributed by atoms with Gasteiger partial charge in [0.2, 0.25) is 5.91 Å². The zero-order valence-electron chi connectivity index (χ0n) is 21.0. The molecule has 192 valence electrons. The summed E-state index contributed by atoms with van der Waals surface area (Å²) in [5.41, 5.74) is 9.60. The molecule has 7 nitrogen and oxygen atoms in total. The van der Waals surface area contributed by atoms with Crippen molar-refractivity contribution in [2.75, 3.05) is 18.4 Å². The summed E-state index contributed by atoms with van der Waals surface area (Å²) in [5.74, 6) is 0.524. The van der Waals surface area contributed by atoms with E-state index >= 15 is 0 Å². The summed E-state index contributed by atoms with van der Waals surface area (Å²) in [6, 6.07) is 16.7. The van der Waals surface area contributed by atoms with Crippen LogP contribution in [0, 0.1) is 12.7 Å².